The van der Waals surface area contributed by atoms with Crippen LogP contribution in [0.4, 0.5) is 4.39 Å². The predicted octanol–water partition coefficient (Wildman–Crippen LogP) is 5.98. The summed E-state index contributed by atoms with van der Waals surface area (Å²) in [5.41, 5.74) is 5.74. The highest BCUT2D eigenvalue weighted by atomic mass is 19.1. The van der Waals surface area contributed by atoms with E-state index >= 15 is 0 Å². The molecule has 34 heavy (non-hydrogen) atoms. The maximum atomic E-state index is 14.7. The van der Waals surface area contributed by atoms with E-state index in [-0.39, 0.29) is 11.8 Å². The molecule has 5 rings (SSSR count). The fraction of sp³-hybridized carbons (Fsp3) is 0.214. The molecule has 5 nitrogen and oxygen atoms in total. The number of para-hydroxylation sites is 1. The number of oxime groups is 1. The van der Waals surface area contributed by atoms with Crippen LogP contribution in [0.5, 0.6) is 11.5 Å². The van der Waals surface area contributed by atoms with Crippen molar-refractivity contribution < 1.29 is 14.0 Å². The van der Waals surface area contributed by atoms with Gasteiger partial charge in [-0.15, -0.1) is 0 Å². The van der Waals surface area contributed by atoms with E-state index in [0.29, 0.717) is 29.3 Å². The monoisotopic (exact) mass is 455 g/mol. The number of pyridine rings is 1. The topological polar surface area (TPSA) is 55.7 Å². The van der Waals surface area contributed by atoms with Crippen LogP contribution in [0.15, 0.2) is 72.0 Å². The third kappa shape index (κ3) is 4.31. The third-order valence-electron chi connectivity index (χ3n) is 6.09. The zero-order valence-electron chi connectivity index (χ0n) is 19.4. The Kier molecular flexibility index (Phi) is 5.88. The first kappa shape index (κ1) is 21.9. The fourth-order valence-corrected chi connectivity index (χ4v) is 4.28. The van der Waals surface area contributed by atoms with E-state index in [1.165, 1.54) is 16.7 Å². The summed E-state index contributed by atoms with van der Waals surface area (Å²) in [6.07, 6.45) is 2.40. The van der Waals surface area contributed by atoms with E-state index < -0.39 is 5.82 Å². The summed E-state index contributed by atoms with van der Waals surface area (Å²) in [5.74, 6) is 0.694. The second-order valence-electron chi connectivity index (χ2n) is 8.71. The van der Waals surface area contributed by atoms with E-state index in [0.717, 1.165) is 17.3 Å². The molecule has 3 aromatic carbocycles. The van der Waals surface area contributed by atoms with Gasteiger partial charge in [0.05, 0.1) is 23.3 Å². The highest BCUT2D eigenvalue weighted by molar-refractivity contribution is 6.11. The number of nitrogens with zero attached hydrogens (tertiary/aromatic N) is 2. The maximum Gasteiger partial charge on any atom is 0.177 e. The average molecular weight is 456 g/mol. The van der Waals surface area contributed by atoms with Crippen LogP contribution < -0.4 is 10.1 Å². The molecule has 0 aliphatic carbocycles. The number of halogens is 1. The van der Waals surface area contributed by atoms with Gasteiger partial charge in [0, 0.05) is 5.39 Å². The standard InChI is InChI=1S/C28H26FN3O2/c1-17-11-12-20(19(3)13-17)14-21-16-33-32-28(31-21)26-22-8-4-5-9-23(22)30-15-25(26)34-24-10-6-7-18(2)27(24)29/h4-13,15,21H,14,16H2,1-3H3,(H,31,32)/t21-/m1/s1. The smallest absolute Gasteiger partial charge is 0.177 e. The average Bonchev–Trinajstić information content (AvgIpc) is 2.84. The van der Waals surface area contributed by atoms with E-state index in [1.54, 1.807) is 31.3 Å². The van der Waals surface area contributed by atoms with E-state index in [2.05, 4.69) is 47.5 Å². The SMILES string of the molecule is Cc1ccc(C[C@@H]2CON=C(c3c(Oc4cccc(C)c4F)cnc4ccccc34)N2)c(C)c1. The summed E-state index contributed by atoms with van der Waals surface area (Å²) in [6.45, 7) is 6.37. The summed E-state index contributed by atoms with van der Waals surface area (Å²) >= 11 is 0. The van der Waals surface area contributed by atoms with Gasteiger partial charge in [0.1, 0.15) is 6.61 Å². The number of hydrogen-bond donors (Lipinski definition) is 1. The number of ether oxygens (including phenoxy) is 1. The molecule has 1 aromatic heterocycles. The van der Waals surface area contributed by atoms with Crippen molar-refractivity contribution in [1.29, 1.82) is 0 Å². The Balaban J connectivity index is 1.52. The zero-order valence-corrected chi connectivity index (χ0v) is 19.4. The minimum absolute atomic E-state index is 0.0180. The molecule has 1 aliphatic rings. The molecule has 0 spiro atoms. The Hall–Kier alpha value is -3.93. The highest BCUT2D eigenvalue weighted by Gasteiger charge is 2.25. The molecule has 6 heteroatoms. The Morgan fingerprint density at radius 2 is 1.85 bits per heavy atom. The fourth-order valence-electron chi connectivity index (χ4n) is 4.28. The van der Waals surface area contributed by atoms with E-state index in [1.807, 2.05) is 24.3 Å². The van der Waals surface area contributed by atoms with Gasteiger partial charge < -0.3 is 14.9 Å². The maximum absolute atomic E-state index is 14.7. The van der Waals surface area contributed by atoms with Gasteiger partial charge in [-0.25, -0.2) is 4.39 Å². The van der Waals surface area contributed by atoms with Gasteiger partial charge in [0.2, 0.25) is 0 Å². The second kappa shape index (κ2) is 9.14. The molecule has 1 N–H and O–H groups in total. The van der Waals surface area contributed by atoms with Crippen molar-refractivity contribution in [3.05, 3.63) is 100 Å². The van der Waals surface area contributed by atoms with Crippen LogP contribution in [0.1, 0.15) is 27.8 Å². The zero-order chi connectivity index (χ0) is 23.7. The Morgan fingerprint density at radius 1 is 1.00 bits per heavy atom. The van der Waals surface area contributed by atoms with Crippen molar-refractivity contribution in [3.63, 3.8) is 0 Å². The van der Waals surface area contributed by atoms with Crippen molar-refractivity contribution >= 4 is 16.7 Å². The second-order valence-corrected chi connectivity index (χ2v) is 8.71. The number of fused-ring (bicyclic) bond motifs is 1. The van der Waals surface area contributed by atoms with Crippen LogP contribution in [0.3, 0.4) is 0 Å². The number of hydrogen-bond acceptors (Lipinski definition) is 5. The number of amidine groups is 1. The van der Waals surface area contributed by atoms with Gasteiger partial charge in [-0.1, -0.05) is 59.3 Å². The van der Waals surface area contributed by atoms with Crippen LogP contribution in [0, 0.1) is 26.6 Å². The van der Waals surface area contributed by atoms with Crippen LogP contribution in [-0.4, -0.2) is 23.5 Å². The van der Waals surface area contributed by atoms with Gasteiger partial charge in [-0.3, -0.25) is 4.98 Å². The van der Waals surface area contributed by atoms with Gasteiger partial charge in [-0.2, -0.15) is 0 Å². The van der Waals surface area contributed by atoms with Gasteiger partial charge in [-0.05, 0) is 56.0 Å². The molecular formula is C28H26FN3O2. The number of benzene rings is 3. The molecular weight excluding hydrogens is 429 g/mol. The lowest BCUT2D eigenvalue weighted by Crippen LogP contribution is -2.43. The van der Waals surface area contributed by atoms with Crippen LogP contribution in [0.2, 0.25) is 0 Å². The molecule has 1 aliphatic heterocycles. The first-order chi connectivity index (χ1) is 16.5. The predicted molar refractivity (Wildman–Crippen MR) is 132 cm³/mol. The lowest BCUT2D eigenvalue weighted by molar-refractivity contribution is 0.109. The summed E-state index contributed by atoms with van der Waals surface area (Å²) in [7, 11) is 0. The molecule has 0 saturated heterocycles. The summed E-state index contributed by atoms with van der Waals surface area (Å²) < 4.78 is 20.8. The van der Waals surface area contributed by atoms with Crippen molar-refractivity contribution in [2.75, 3.05) is 6.61 Å². The normalized spacial score (nSPS) is 15.4. The number of nitrogens with one attached hydrogen (secondary N) is 1. The molecule has 0 bridgehead atoms. The lowest BCUT2D eigenvalue weighted by Gasteiger charge is -2.26. The molecule has 0 amide bonds. The number of aryl methyl sites for hydroxylation is 3. The van der Waals surface area contributed by atoms with Crippen molar-refractivity contribution in [1.82, 2.24) is 10.3 Å². The van der Waals surface area contributed by atoms with Crippen molar-refractivity contribution in [3.8, 4) is 11.5 Å². The molecule has 172 valence electrons. The lowest BCUT2D eigenvalue weighted by atomic mass is 9.98. The quantitative estimate of drug-likeness (QED) is 0.402. The van der Waals surface area contributed by atoms with Gasteiger partial charge >= 0.3 is 0 Å². The van der Waals surface area contributed by atoms with Gasteiger partial charge in [0.25, 0.3) is 0 Å². The Labute approximate surface area is 198 Å². The first-order valence-corrected chi connectivity index (χ1v) is 11.3. The van der Waals surface area contributed by atoms with E-state index in [9.17, 15) is 4.39 Å². The van der Waals surface area contributed by atoms with Crippen molar-refractivity contribution in [2.45, 2.75) is 33.2 Å². The molecule has 4 aromatic rings. The minimum atomic E-state index is -0.399. The van der Waals surface area contributed by atoms with Crippen LogP contribution in [-0.2, 0) is 11.3 Å². The highest BCUT2D eigenvalue weighted by Crippen LogP contribution is 2.33. The third-order valence-corrected chi connectivity index (χ3v) is 6.09. The molecule has 1 atom stereocenters. The molecule has 0 fully saturated rings. The largest absolute Gasteiger partial charge is 0.452 e. The molecule has 0 saturated carbocycles. The molecule has 0 unspecified atom stereocenters. The summed E-state index contributed by atoms with van der Waals surface area (Å²) in [5, 5.41) is 8.70. The van der Waals surface area contributed by atoms with E-state index in [4.69, 9.17) is 9.57 Å². The van der Waals surface area contributed by atoms with Gasteiger partial charge in [0.15, 0.2) is 23.2 Å². The summed E-state index contributed by atoms with van der Waals surface area (Å²) in [6, 6.07) is 19.3. The Bertz CT molecular complexity index is 1400. The van der Waals surface area contributed by atoms with Crippen LogP contribution in [0.25, 0.3) is 10.9 Å². The molecule has 0 radical (unpaired) electrons. The summed E-state index contributed by atoms with van der Waals surface area (Å²) in [4.78, 5) is 10.2. The molecule has 2 heterocycles. The van der Waals surface area contributed by atoms with Crippen LogP contribution >= 0.6 is 0 Å². The first-order valence-electron chi connectivity index (χ1n) is 11.3. The van der Waals surface area contributed by atoms with Crippen molar-refractivity contribution in [2.24, 2.45) is 5.16 Å². The number of aromatic nitrogens is 1. The number of rotatable bonds is 5. The minimum Gasteiger partial charge on any atom is -0.452 e. The Morgan fingerprint density at radius 3 is 2.71 bits per heavy atom.